The number of hydrogen-bond acceptors (Lipinski definition) is 2. The van der Waals surface area contributed by atoms with Gasteiger partial charge in [-0.1, -0.05) is 11.6 Å². The first-order valence-corrected chi connectivity index (χ1v) is 7.43. The maximum absolute atomic E-state index is 13.0. The number of halogens is 4. The molecule has 0 unspecified atom stereocenters. The molecule has 0 bridgehead atoms. The molecule has 0 aliphatic heterocycles. The molecule has 1 aromatic heterocycles. The molecule has 8 heteroatoms. The normalized spacial score (nSPS) is 13.9. The van der Waals surface area contributed by atoms with E-state index in [0.29, 0.717) is 35.7 Å². The highest BCUT2D eigenvalue weighted by Crippen LogP contribution is 2.36. The molecular weight excluding hydrogens is 331 g/mol. The van der Waals surface area contributed by atoms with Crippen molar-refractivity contribution in [3.8, 4) is 0 Å². The zero-order valence-corrected chi connectivity index (χ0v) is 12.7. The SMILES string of the molecule is O=C(Cn1nc(C(F)(F)F)c2c1CCC2)Nc1ccc(Cl)cc1. The van der Waals surface area contributed by atoms with Crippen LogP contribution in [-0.4, -0.2) is 15.7 Å². The lowest BCUT2D eigenvalue weighted by Gasteiger charge is -2.08. The molecule has 2 aromatic rings. The van der Waals surface area contributed by atoms with E-state index in [1.807, 2.05) is 0 Å². The van der Waals surface area contributed by atoms with Crippen molar-refractivity contribution in [3.63, 3.8) is 0 Å². The van der Waals surface area contributed by atoms with Gasteiger partial charge in [-0.25, -0.2) is 0 Å². The summed E-state index contributed by atoms with van der Waals surface area (Å²) in [6.45, 7) is -0.249. The highest BCUT2D eigenvalue weighted by atomic mass is 35.5. The van der Waals surface area contributed by atoms with Gasteiger partial charge in [0.05, 0.1) is 0 Å². The number of anilines is 1. The second kappa shape index (κ2) is 5.88. The Hall–Kier alpha value is -2.02. The van der Waals surface area contributed by atoms with E-state index in [4.69, 9.17) is 11.6 Å². The molecular formula is C15H13ClF3N3O. The molecule has 0 spiro atoms. The Morgan fingerprint density at radius 2 is 1.96 bits per heavy atom. The van der Waals surface area contributed by atoms with Crippen molar-refractivity contribution in [3.05, 3.63) is 46.2 Å². The Kier molecular flexibility index (Phi) is 4.06. The summed E-state index contributed by atoms with van der Waals surface area (Å²) in [7, 11) is 0. The van der Waals surface area contributed by atoms with Crippen molar-refractivity contribution >= 4 is 23.2 Å². The summed E-state index contributed by atoms with van der Waals surface area (Å²) in [5.41, 5.74) is 0.379. The summed E-state index contributed by atoms with van der Waals surface area (Å²) in [5, 5.41) is 6.76. The highest BCUT2D eigenvalue weighted by molar-refractivity contribution is 6.30. The van der Waals surface area contributed by atoms with Gasteiger partial charge in [-0.3, -0.25) is 9.48 Å². The molecule has 0 fully saturated rings. The summed E-state index contributed by atoms with van der Waals surface area (Å²) >= 11 is 5.75. The van der Waals surface area contributed by atoms with Crippen LogP contribution in [0.15, 0.2) is 24.3 Å². The summed E-state index contributed by atoms with van der Waals surface area (Å²) in [6.07, 6.45) is -2.99. The Labute approximate surface area is 135 Å². The van der Waals surface area contributed by atoms with E-state index >= 15 is 0 Å². The lowest BCUT2D eigenvalue weighted by Crippen LogP contribution is -2.21. The van der Waals surface area contributed by atoms with Crippen LogP contribution in [0.3, 0.4) is 0 Å². The van der Waals surface area contributed by atoms with Crippen LogP contribution in [0, 0.1) is 0 Å². The summed E-state index contributed by atoms with van der Waals surface area (Å²) in [4.78, 5) is 12.0. The molecule has 0 atom stereocenters. The lowest BCUT2D eigenvalue weighted by atomic mass is 10.2. The summed E-state index contributed by atoms with van der Waals surface area (Å²) in [6, 6.07) is 6.47. The first-order chi connectivity index (χ1) is 10.8. The largest absolute Gasteiger partial charge is 0.435 e. The van der Waals surface area contributed by atoms with Crippen LogP contribution in [0.4, 0.5) is 18.9 Å². The van der Waals surface area contributed by atoms with Crippen molar-refractivity contribution in [2.45, 2.75) is 32.0 Å². The maximum atomic E-state index is 13.0. The van der Waals surface area contributed by atoms with Crippen molar-refractivity contribution in [1.82, 2.24) is 9.78 Å². The van der Waals surface area contributed by atoms with E-state index in [9.17, 15) is 18.0 Å². The van der Waals surface area contributed by atoms with Gasteiger partial charge in [0, 0.05) is 22.0 Å². The fraction of sp³-hybridized carbons (Fsp3) is 0.333. The average Bonchev–Trinajstić information content (AvgIpc) is 3.04. The number of carbonyl (C=O) groups is 1. The third-order valence-electron chi connectivity index (χ3n) is 3.70. The molecule has 122 valence electrons. The van der Waals surface area contributed by atoms with E-state index in [0.717, 1.165) is 4.68 Å². The van der Waals surface area contributed by atoms with Gasteiger partial charge in [0.2, 0.25) is 5.91 Å². The predicted molar refractivity (Wildman–Crippen MR) is 79.3 cm³/mol. The Balaban J connectivity index is 1.78. The van der Waals surface area contributed by atoms with Gasteiger partial charge in [-0.15, -0.1) is 0 Å². The monoisotopic (exact) mass is 343 g/mol. The van der Waals surface area contributed by atoms with E-state index in [2.05, 4.69) is 10.4 Å². The number of hydrogen-bond donors (Lipinski definition) is 1. The van der Waals surface area contributed by atoms with E-state index in [-0.39, 0.29) is 12.1 Å². The number of carbonyl (C=O) groups excluding carboxylic acids is 1. The molecule has 23 heavy (non-hydrogen) atoms. The first kappa shape index (κ1) is 15.9. The van der Waals surface area contributed by atoms with Crippen LogP contribution in [0.1, 0.15) is 23.4 Å². The molecule has 1 amide bonds. The van der Waals surface area contributed by atoms with E-state index in [1.165, 1.54) is 0 Å². The second-order valence-corrected chi connectivity index (χ2v) is 5.77. The number of benzene rings is 1. The fourth-order valence-corrected chi connectivity index (χ4v) is 2.86. The number of rotatable bonds is 3. The molecule has 4 nitrogen and oxygen atoms in total. The number of nitrogens with zero attached hydrogens (tertiary/aromatic N) is 2. The quantitative estimate of drug-likeness (QED) is 0.924. The number of fused-ring (bicyclic) bond motifs is 1. The van der Waals surface area contributed by atoms with Crippen LogP contribution in [0.25, 0.3) is 0 Å². The summed E-state index contributed by atoms with van der Waals surface area (Å²) in [5.74, 6) is -0.432. The third-order valence-corrected chi connectivity index (χ3v) is 3.95. The minimum absolute atomic E-state index is 0.219. The molecule has 1 aromatic carbocycles. The molecule has 1 aliphatic rings. The van der Waals surface area contributed by atoms with Gasteiger partial charge in [0.1, 0.15) is 6.54 Å². The zero-order valence-electron chi connectivity index (χ0n) is 12.0. The van der Waals surface area contributed by atoms with E-state index < -0.39 is 17.8 Å². The number of aromatic nitrogens is 2. The molecule has 1 heterocycles. The maximum Gasteiger partial charge on any atom is 0.435 e. The van der Waals surface area contributed by atoms with Crippen molar-refractivity contribution in [2.24, 2.45) is 0 Å². The van der Waals surface area contributed by atoms with Crippen molar-refractivity contribution < 1.29 is 18.0 Å². The van der Waals surface area contributed by atoms with Gasteiger partial charge in [-0.2, -0.15) is 18.3 Å². The van der Waals surface area contributed by atoms with Crippen LogP contribution >= 0.6 is 11.6 Å². The number of alkyl halides is 3. The van der Waals surface area contributed by atoms with Gasteiger partial charge < -0.3 is 5.32 Å². The molecule has 3 rings (SSSR count). The zero-order chi connectivity index (χ0) is 16.6. The highest BCUT2D eigenvalue weighted by Gasteiger charge is 2.40. The van der Waals surface area contributed by atoms with Crippen LogP contribution in [0.2, 0.25) is 5.02 Å². The molecule has 0 saturated heterocycles. The average molecular weight is 344 g/mol. The van der Waals surface area contributed by atoms with Crippen molar-refractivity contribution in [1.29, 1.82) is 0 Å². The van der Waals surface area contributed by atoms with Gasteiger partial charge in [0.25, 0.3) is 0 Å². The molecule has 1 aliphatic carbocycles. The lowest BCUT2D eigenvalue weighted by molar-refractivity contribution is -0.142. The topological polar surface area (TPSA) is 46.9 Å². The smallest absolute Gasteiger partial charge is 0.324 e. The van der Waals surface area contributed by atoms with Crippen LogP contribution in [0.5, 0.6) is 0 Å². The van der Waals surface area contributed by atoms with Gasteiger partial charge in [0.15, 0.2) is 5.69 Å². The Bertz CT molecular complexity index is 738. The fourth-order valence-electron chi connectivity index (χ4n) is 2.74. The Morgan fingerprint density at radius 1 is 1.26 bits per heavy atom. The van der Waals surface area contributed by atoms with Crippen LogP contribution < -0.4 is 5.32 Å². The van der Waals surface area contributed by atoms with Crippen molar-refractivity contribution in [2.75, 3.05) is 5.32 Å². The van der Waals surface area contributed by atoms with E-state index in [1.54, 1.807) is 24.3 Å². The molecule has 1 N–H and O–H groups in total. The van der Waals surface area contributed by atoms with Gasteiger partial charge in [-0.05, 0) is 43.5 Å². The molecule has 0 saturated carbocycles. The minimum atomic E-state index is -4.49. The summed E-state index contributed by atoms with van der Waals surface area (Å²) < 4.78 is 40.1. The van der Waals surface area contributed by atoms with Crippen LogP contribution in [-0.2, 0) is 30.4 Å². The first-order valence-electron chi connectivity index (χ1n) is 7.06. The van der Waals surface area contributed by atoms with Gasteiger partial charge >= 0.3 is 6.18 Å². The second-order valence-electron chi connectivity index (χ2n) is 5.34. The standard InChI is InChI=1S/C15H13ClF3N3O/c16-9-4-6-10(7-5-9)20-13(23)8-22-12-3-1-2-11(12)14(21-22)15(17,18)19/h4-7H,1-3,8H2,(H,20,23). The minimum Gasteiger partial charge on any atom is -0.324 e. The Morgan fingerprint density at radius 3 is 2.61 bits per heavy atom. The number of amides is 1. The predicted octanol–water partition coefficient (Wildman–Crippen LogP) is 3.68. The third kappa shape index (κ3) is 3.34. The molecule has 0 radical (unpaired) electrons. The number of nitrogens with one attached hydrogen (secondary N) is 1.